The van der Waals surface area contributed by atoms with E-state index >= 15 is 0 Å². The van der Waals surface area contributed by atoms with E-state index in [-0.39, 0.29) is 29.0 Å². The number of carbonyl (C=O) groups excluding carboxylic acids is 1. The quantitative estimate of drug-likeness (QED) is 0.662. The Kier molecular flexibility index (Phi) is 3.10. The zero-order valence-electron chi connectivity index (χ0n) is 12.8. The maximum Gasteiger partial charge on any atom is 0.322 e. The average molecular weight is 286 g/mol. The molecule has 0 radical (unpaired) electrons. The minimum Gasteiger partial charge on any atom is -0.468 e. The Labute approximate surface area is 125 Å². The molecule has 4 nitrogen and oxygen atoms in total. The molecule has 0 saturated carbocycles. The van der Waals surface area contributed by atoms with Crippen molar-refractivity contribution >= 4 is 11.7 Å². The van der Waals surface area contributed by atoms with Gasteiger partial charge in [-0.05, 0) is 23.5 Å². The Morgan fingerprint density at radius 3 is 2.86 bits per heavy atom. The van der Waals surface area contributed by atoms with Crippen LogP contribution in [0.25, 0.3) is 0 Å². The van der Waals surface area contributed by atoms with Gasteiger partial charge in [0.1, 0.15) is 6.04 Å². The van der Waals surface area contributed by atoms with Crippen molar-refractivity contribution in [3.63, 3.8) is 0 Å². The number of ether oxygens (including phenoxy) is 1. The molecular weight excluding hydrogens is 264 g/mol. The number of carbonyl (C=O) groups is 1. The molecule has 2 aliphatic rings. The maximum absolute atomic E-state index is 12.0. The average Bonchev–Trinajstić information content (AvgIpc) is 3.00. The molecule has 0 spiro atoms. The van der Waals surface area contributed by atoms with Crippen LogP contribution in [-0.4, -0.2) is 25.3 Å². The Morgan fingerprint density at radius 2 is 2.19 bits per heavy atom. The van der Waals surface area contributed by atoms with E-state index in [9.17, 15) is 4.79 Å². The summed E-state index contributed by atoms with van der Waals surface area (Å²) in [6.45, 7) is 8.38. The van der Waals surface area contributed by atoms with Crippen LogP contribution in [0.5, 0.6) is 0 Å². The normalized spacial score (nSPS) is 30.2. The summed E-state index contributed by atoms with van der Waals surface area (Å²) in [5, 5.41) is 6.92. The predicted octanol–water partition coefficient (Wildman–Crippen LogP) is 2.42. The Balaban J connectivity index is 2.12. The third-order valence-electron chi connectivity index (χ3n) is 5.24. The van der Waals surface area contributed by atoms with Crippen LogP contribution < -0.4 is 10.6 Å². The molecule has 1 aromatic rings. The largest absolute Gasteiger partial charge is 0.468 e. The summed E-state index contributed by atoms with van der Waals surface area (Å²) < 4.78 is 4.92. The second-order valence-corrected chi connectivity index (χ2v) is 6.47. The molecule has 2 aliphatic heterocycles. The van der Waals surface area contributed by atoms with Gasteiger partial charge in [0.05, 0.1) is 13.3 Å². The van der Waals surface area contributed by atoms with Crippen LogP contribution in [0.3, 0.4) is 0 Å². The molecule has 0 aliphatic carbocycles. The topological polar surface area (TPSA) is 50.4 Å². The minimum atomic E-state index is -0.292. The lowest BCUT2D eigenvalue weighted by atomic mass is 9.60. The number of benzene rings is 1. The van der Waals surface area contributed by atoms with Gasteiger partial charge in [-0.3, -0.25) is 10.1 Å². The minimum absolute atomic E-state index is 0.00648. The zero-order valence-corrected chi connectivity index (χ0v) is 12.8. The summed E-state index contributed by atoms with van der Waals surface area (Å²) in [7, 11) is 1.44. The standard InChI is InChI=1S/C17H22N2O2/c1-5-16(2,3)17-10-13(14(20)21-4)19-15(17)18-12-9-7-6-8-11(12)17/h5-9,13,15,18-19H,1,10H2,2-4H3/t13?,15-,17?/m1/s1. The second-order valence-electron chi connectivity index (χ2n) is 6.47. The van der Waals surface area contributed by atoms with Crippen LogP contribution >= 0.6 is 0 Å². The molecule has 1 saturated heterocycles. The lowest BCUT2D eigenvalue weighted by molar-refractivity contribution is -0.142. The van der Waals surface area contributed by atoms with Crippen molar-refractivity contribution < 1.29 is 9.53 Å². The van der Waals surface area contributed by atoms with Crippen molar-refractivity contribution in [3.05, 3.63) is 42.5 Å². The monoisotopic (exact) mass is 286 g/mol. The van der Waals surface area contributed by atoms with E-state index in [0.29, 0.717) is 6.42 Å². The first-order valence-corrected chi connectivity index (χ1v) is 7.30. The van der Waals surface area contributed by atoms with Gasteiger partial charge in [-0.15, -0.1) is 6.58 Å². The van der Waals surface area contributed by atoms with Gasteiger partial charge in [0.25, 0.3) is 0 Å². The lowest BCUT2D eigenvalue weighted by Gasteiger charge is -2.42. The van der Waals surface area contributed by atoms with E-state index in [1.807, 2.05) is 12.1 Å². The van der Waals surface area contributed by atoms with Crippen LogP contribution in [0.15, 0.2) is 36.9 Å². The van der Waals surface area contributed by atoms with Crippen molar-refractivity contribution in [3.8, 4) is 0 Å². The molecule has 0 amide bonds. The van der Waals surface area contributed by atoms with Crippen molar-refractivity contribution in [1.29, 1.82) is 0 Å². The summed E-state index contributed by atoms with van der Waals surface area (Å²) >= 11 is 0. The molecule has 2 heterocycles. The van der Waals surface area contributed by atoms with Crippen molar-refractivity contribution in [2.45, 2.75) is 37.9 Å². The number of rotatable bonds is 3. The first-order chi connectivity index (χ1) is 9.96. The van der Waals surface area contributed by atoms with E-state index in [1.165, 1.54) is 12.7 Å². The summed E-state index contributed by atoms with van der Waals surface area (Å²) in [5.74, 6) is -0.206. The van der Waals surface area contributed by atoms with Crippen molar-refractivity contribution in [1.82, 2.24) is 5.32 Å². The number of hydrogen-bond donors (Lipinski definition) is 2. The van der Waals surface area contributed by atoms with Gasteiger partial charge in [0.2, 0.25) is 0 Å². The fourth-order valence-corrected chi connectivity index (χ4v) is 3.88. The number of nitrogens with one attached hydrogen (secondary N) is 2. The van der Waals surface area contributed by atoms with E-state index < -0.39 is 0 Å². The summed E-state index contributed by atoms with van der Waals surface area (Å²) in [6, 6.07) is 8.02. The molecule has 21 heavy (non-hydrogen) atoms. The molecule has 112 valence electrons. The van der Waals surface area contributed by atoms with Gasteiger partial charge in [-0.25, -0.2) is 0 Å². The lowest BCUT2D eigenvalue weighted by Crippen LogP contribution is -2.49. The Morgan fingerprint density at radius 1 is 1.48 bits per heavy atom. The fourth-order valence-electron chi connectivity index (χ4n) is 3.88. The van der Waals surface area contributed by atoms with Gasteiger partial charge < -0.3 is 10.1 Å². The van der Waals surface area contributed by atoms with Gasteiger partial charge in [-0.1, -0.05) is 38.1 Å². The predicted molar refractivity (Wildman–Crippen MR) is 83.1 cm³/mol. The number of allylic oxidation sites excluding steroid dienone is 1. The third kappa shape index (κ3) is 1.75. The number of fused-ring (bicyclic) bond motifs is 3. The molecule has 4 heteroatoms. The fraction of sp³-hybridized carbons (Fsp3) is 0.471. The highest BCUT2D eigenvalue weighted by Crippen LogP contribution is 2.57. The second kappa shape index (κ2) is 4.60. The molecule has 2 unspecified atom stereocenters. The van der Waals surface area contributed by atoms with E-state index in [4.69, 9.17) is 4.74 Å². The Bertz CT molecular complexity index is 596. The highest BCUT2D eigenvalue weighted by atomic mass is 16.5. The molecule has 1 aromatic carbocycles. The zero-order chi connectivity index (χ0) is 15.3. The number of esters is 1. The number of anilines is 1. The van der Waals surface area contributed by atoms with Crippen LogP contribution in [0.4, 0.5) is 5.69 Å². The maximum atomic E-state index is 12.0. The van der Waals surface area contributed by atoms with Crippen LogP contribution in [-0.2, 0) is 14.9 Å². The van der Waals surface area contributed by atoms with Crippen LogP contribution in [0, 0.1) is 5.41 Å². The number of methoxy groups -OCH3 is 1. The van der Waals surface area contributed by atoms with Gasteiger partial charge in [0, 0.05) is 11.1 Å². The third-order valence-corrected chi connectivity index (χ3v) is 5.24. The van der Waals surface area contributed by atoms with Crippen LogP contribution in [0.2, 0.25) is 0 Å². The van der Waals surface area contributed by atoms with Crippen molar-refractivity contribution in [2.75, 3.05) is 12.4 Å². The molecular formula is C17H22N2O2. The summed E-state index contributed by atoms with van der Waals surface area (Å²) in [4.78, 5) is 12.0. The molecule has 0 bridgehead atoms. The van der Waals surface area contributed by atoms with E-state index in [0.717, 1.165) is 5.69 Å². The molecule has 1 fully saturated rings. The van der Waals surface area contributed by atoms with Crippen molar-refractivity contribution in [2.24, 2.45) is 5.41 Å². The first kappa shape index (κ1) is 14.1. The molecule has 0 aromatic heterocycles. The number of hydrogen-bond acceptors (Lipinski definition) is 4. The van der Waals surface area contributed by atoms with E-state index in [1.54, 1.807) is 0 Å². The van der Waals surface area contributed by atoms with Gasteiger partial charge in [0.15, 0.2) is 0 Å². The van der Waals surface area contributed by atoms with Crippen LogP contribution in [0.1, 0.15) is 25.8 Å². The molecule has 3 rings (SSSR count). The summed E-state index contributed by atoms with van der Waals surface area (Å²) in [5.41, 5.74) is 2.02. The number of para-hydroxylation sites is 1. The highest BCUT2D eigenvalue weighted by molar-refractivity contribution is 5.78. The Hall–Kier alpha value is -1.81. The molecule has 3 atom stereocenters. The smallest absolute Gasteiger partial charge is 0.322 e. The highest BCUT2D eigenvalue weighted by Gasteiger charge is 2.61. The van der Waals surface area contributed by atoms with E-state index in [2.05, 4.69) is 49.3 Å². The van der Waals surface area contributed by atoms with Gasteiger partial charge in [-0.2, -0.15) is 0 Å². The SMILES string of the molecule is C=CC(C)(C)C12CC(C(=O)OC)N[C@H]1Nc1ccccc12. The summed E-state index contributed by atoms with van der Waals surface area (Å²) in [6.07, 6.45) is 2.70. The molecule has 2 N–H and O–H groups in total. The van der Waals surface area contributed by atoms with Gasteiger partial charge >= 0.3 is 5.97 Å². The first-order valence-electron chi connectivity index (χ1n) is 7.30.